The van der Waals surface area contributed by atoms with E-state index in [0.717, 1.165) is 29.8 Å². The molecule has 3 nitrogen and oxygen atoms in total. The molecule has 0 amide bonds. The summed E-state index contributed by atoms with van der Waals surface area (Å²) in [5.41, 5.74) is 3.19. The summed E-state index contributed by atoms with van der Waals surface area (Å²) >= 11 is 0. The van der Waals surface area contributed by atoms with Crippen molar-refractivity contribution >= 4 is 17.7 Å². The number of nitrogens with zero attached hydrogens (tertiary/aromatic N) is 1. The Hall–Kier alpha value is -1.77. The molecule has 0 heterocycles. The molecule has 1 N–H and O–H groups in total. The third kappa shape index (κ3) is 4.12. The van der Waals surface area contributed by atoms with Gasteiger partial charge >= 0.3 is 5.97 Å². The molecule has 3 heteroatoms. The van der Waals surface area contributed by atoms with Crippen LogP contribution in [0.1, 0.15) is 38.3 Å². The van der Waals surface area contributed by atoms with E-state index in [1.807, 2.05) is 13.0 Å². The zero-order valence-electron chi connectivity index (χ0n) is 12.2. The number of anilines is 1. The minimum Gasteiger partial charge on any atom is -0.478 e. The van der Waals surface area contributed by atoms with E-state index in [4.69, 9.17) is 5.11 Å². The minimum absolute atomic E-state index is 0.435. The van der Waals surface area contributed by atoms with Crippen molar-refractivity contribution in [1.82, 2.24) is 0 Å². The Bertz CT molecular complexity index is 466. The average molecular weight is 261 g/mol. The van der Waals surface area contributed by atoms with Crippen LogP contribution in [-0.2, 0) is 4.79 Å². The van der Waals surface area contributed by atoms with Crippen molar-refractivity contribution in [1.29, 1.82) is 0 Å². The summed E-state index contributed by atoms with van der Waals surface area (Å²) in [6.45, 7) is 9.40. The summed E-state index contributed by atoms with van der Waals surface area (Å²) in [6, 6.07) is 6.61. The van der Waals surface area contributed by atoms with Gasteiger partial charge in [0.2, 0.25) is 0 Å². The minimum atomic E-state index is -0.918. The van der Waals surface area contributed by atoms with Crippen molar-refractivity contribution < 1.29 is 9.90 Å². The van der Waals surface area contributed by atoms with Crippen LogP contribution >= 0.6 is 0 Å². The maximum atomic E-state index is 10.7. The first-order valence-corrected chi connectivity index (χ1v) is 6.77. The van der Waals surface area contributed by atoms with Crippen molar-refractivity contribution in [2.75, 3.05) is 11.4 Å². The first-order chi connectivity index (χ1) is 8.99. The highest BCUT2D eigenvalue weighted by Crippen LogP contribution is 2.26. The summed E-state index contributed by atoms with van der Waals surface area (Å²) in [5.74, 6) is -0.918. The molecule has 0 aliphatic rings. The van der Waals surface area contributed by atoms with Gasteiger partial charge in [0.1, 0.15) is 0 Å². The number of benzene rings is 1. The van der Waals surface area contributed by atoms with Crippen molar-refractivity contribution in [3.05, 3.63) is 35.4 Å². The van der Waals surface area contributed by atoms with Gasteiger partial charge in [0.15, 0.2) is 0 Å². The van der Waals surface area contributed by atoms with E-state index >= 15 is 0 Å². The Labute approximate surface area is 115 Å². The van der Waals surface area contributed by atoms with Gasteiger partial charge in [-0.3, -0.25) is 0 Å². The lowest BCUT2D eigenvalue weighted by Crippen LogP contribution is -2.32. The number of hydrogen-bond donors (Lipinski definition) is 1. The molecule has 0 spiro atoms. The van der Waals surface area contributed by atoms with Crippen molar-refractivity contribution in [2.45, 2.75) is 40.2 Å². The van der Waals surface area contributed by atoms with E-state index in [1.165, 1.54) is 6.08 Å². The van der Waals surface area contributed by atoms with Crippen LogP contribution in [0.15, 0.2) is 24.3 Å². The third-order valence-corrected chi connectivity index (χ3v) is 3.36. The molecule has 0 aromatic heterocycles. The van der Waals surface area contributed by atoms with Gasteiger partial charge in [0.05, 0.1) is 0 Å². The second-order valence-electron chi connectivity index (χ2n) is 4.78. The lowest BCUT2D eigenvalue weighted by Gasteiger charge is -2.31. The predicted octanol–water partition coefficient (Wildman–Crippen LogP) is 3.72. The zero-order chi connectivity index (χ0) is 14.4. The maximum absolute atomic E-state index is 10.7. The first-order valence-electron chi connectivity index (χ1n) is 6.77. The highest BCUT2D eigenvalue weighted by molar-refractivity contribution is 5.87. The quantitative estimate of drug-likeness (QED) is 0.793. The van der Waals surface area contributed by atoms with Gasteiger partial charge < -0.3 is 10.0 Å². The van der Waals surface area contributed by atoms with E-state index in [2.05, 4.69) is 37.8 Å². The molecular formula is C16H23NO2. The smallest absolute Gasteiger partial charge is 0.328 e. The molecule has 0 bridgehead atoms. The normalized spacial score (nSPS) is 12.6. The highest BCUT2D eigenvalue weighted by atomic mass is 16.4. The Morgan fingerprint density at radius 1 is 1.42 bits per heavy atom. The summed E-state index contributed by atoms with van der Waals surface area (Å²) in [5, 5.41) is 8.79. The van der Waals surface area contributed by atoms with Crippen LogP contribution in [-0.4, -0.2) is 23.7 Å². The molecule has 0 aliphatic heterocycles. The fraction of sp³-hybridized carbons (Fsp3) is 0.438. The van der Waals surface area contributed by atoms with Gasteiger partial charge in [-0.05, 0) is 51.0 Å². The molecule has 0 saturated heterocycles. The van der Waals surface area contributed by atoms with Crippen LogP contribution in [0.2, 0.25) is 0 Å². The fourth-order valence-corrected chi connectivity index (χ4v) is 2.17. The van der Waals surface area contributed by atoms with Crippen LogP contribution in [0.5, 0.6) is 0 Å². The maximum Gasteiger partial charge on any atom is 0.328 e. The van der Waals surface area contributed by atoms with E-state index in [-0.39, 0.29) is 0 Å². The number of aryl methyl sites for hydroxylation is 1. The topological polar surface area (TPSA) is 40.5 Å². The molecule has 0 radical (unpaired) electrons. The Balaban J connectivity index is 3.21. The van der Waals surface area contributed by atoms with Gasteiger partial charge in [-0.25, -0.2) is 4.79 Å². The molecule has 1 atom stereocenters. The van der Waals surface area contributed by atoms with Gasteiger partial charge in [-0.1, -0.05) is 18.6 Å². The van der Waals surface area contributed by atoms with Gasteiger partial charge in [0.25, 0.3) is 0 Å². The predicted molar refractivity (Wildman–Crippen MR) is 80.6 cm³/mol. The Morgan fingerprint density at radius 3 is 2.63 bits per heavy atom. The number of rotatable bonds is 6. The van der Waals surface area contributed by atoms with Crippen LogP contribution in [0.3, 0.4) is 0 Å². The van der Waals surface area contributed by atoms with Crippen LogP contribution in [0.25, 0.3) is 6.08 Å². The first kappa shape index (κ1) is 15.3. The molecule has 1 unspecified atom stereocenters. The largest absolute Gasteiger partial charge is 0.478 e. The fourth-order valence-electron chi connectivity index (χ4n) is 2.17. The van der Waals surface area contributed by atoms with Gasteiger partial charge in [-0.15, -0.1) is 0 Å². The SMILES string of the molecule is CCC(C)N(CC)c1ccc(C)cc1/C=C/C(=O)O. The molecule has 0 saturated carbocycles. The van der Waals surface area contributed by atoms with Crippen molar-refractivity contribution in [3.8, 4) is 0 Å². The van der Waals surface area contributed by atoms with Gasteiger partial charge in [0, 0.05) is 24.4 Å². The standard InChI is InChI=1S/C16H23NO2/c1-5-13(4)17(6-2)15-9-7-12(3)11-14(15)8-10-16(18)19/h7-11,13H,5-6H2,1-4H3,(H,18,19)/b10-8+. The number of hydrogen-bond acceptors (Lipinski definition) is 2. The molecular weight excluding hydrogens is 238 g/mol. The van der Waals surface area contributed by atoms with E-state index < -0.39 is 5.97 Å². The highest BCUT2D eigenvalue weighted by Gasteiger charge is 2.13. The van der Waals surface area contributed by atoms with E-state index in [1.54, 1.807) is 6.08 Å². The summed E-state index contributed by atoms with van der Waals surface area (Å²) in [4.78, 5) is 13.0. The summed E-state index contributed by atoms with van der Waals surface area (Å²) in [7, 11) is 0. The number of aliphatic carboxylic acids is 1. The Kier molecular flexibility index (Phi) is 5.61. The third-order valence-electron chi connectivity index (χ3n) is 3.36. The monoisotopic (exact) mass is 261 g/mol. The average Bonchev–Trinajstić information content (AvgIpc) is 2.38. The molecule has 104 valence electrons. The lowest BCUT2D eigenvalue weighted by molar-refractivity contribution is -0.131. The van der Waals surface area contributed by atoms with Gasteiger partial charge in [-0.2, -0.15) is 0 Å². The van der Waals surface area contributed by atoms with Crippen LogP contribution < -0.4 is 4.90 Å². The van der Waals surface area contributed by atoms with Crippen molar-refractivity contribution in [2.24, 2.45) is 0 Å². The second-order valence-corrected chi connectivity index (χ2v) is 4.78. The molecule has 1 aromatic carbocycles. The summed E-state index contributed by atoms with van der Waals surface area (Å²) in [6.07, 6.45) is 3.93. The van der Waals surface area contributed by atoms with E-state index in [9.17, 15) is 4.79 Å². The molecule has 0 fully saturated rings. The second kappa shape index (κ2) is 6.98. The van der Waals surface area contributed by atoms with Crippen LogP contribution in [0.4, 0.5) is 5.69 Å². The number of carbonyl (C=O) groups is 1. The number of carboxylic acids is 1. The zero-order valence-corrected chi connectivity index (χ0v) is 12.2. The molecule has 1 aromatic rings. The summed E-state index contributed by atoms with van der Waals surface area (Å²) < 4.78 is 0. The van der Waals surface area contributed by atoms with E-state index in [0.29, 0.717) is 6.04 Å². The van der Waals surface area contributed by atoms with Crippen LogP contribution in [0, 0.1) is 6.92 Å². The lowest BCUT2D eigenvalue weighted by atomic mass is 10.1. The van der Waals surface area contributed by atoms with Crippen molar-refractivity contribution in [3.63, 3.8) is 0 Å². The number of carboxylic acid groups (broad SMARTS) is 1. The molecule has 19 heavy (non-hydrogen) atoms. The Morgan fingerprint density at radius 2 is 2.11 bits per heavy atom. The molecule has 1 rings (SSSR count). The molecule has 0 aliphatic carbocycles.